The van der Waals surface area contributed by atoms with Crippen LogP contribution in [0.1, 0.15) is 24.2 Å². The van der Waals surface area contributed by atoms with Crippen molar-refractivity contribution in [2.24, 2.45) is 0 Å². The predicted molar refractivity (Wildman–Crippen MR) is 55.0 cm³/mol. The molecule has 0 N–H and O–H groups in total. The number of carbonyl (C=O) groups excluding carboxylic acids is 1. The second-order valence-corrected chi connectivity index (χ2v) is 3.01. The van der Waals surface area contributed by atoms with E-state index in [2.05, 4.69) is 18.7 Å². The Hall–Kier alpha value is -1.51. The van der Waals surface area contributed by atoms with E-state index in [9.17, 15) is 9.90 Å². The molecule has 1 aromatic carbocycles. The van der Waals surface area contributed by atoms with Crippen LogP contribution in [0.5, 0.6) is 0 Å². The Morgan fingerprint density at radius 3 is 2.00 bits per heavy atom. The van der Waals surface area contributed by atoms with Crippen molar-refractivity contribution >= 4 is 11.7 Å². The van der Waals surface area contributed by atoms with Crippen LogP contribution in [0.4, 0.5) is 5.69 Å². The molecule has 0 amide bonds. The minimum atomic E-state index is -1.13. The van der Waals surface area contributed by atoms with E-state index >= 15 is 0 Å². The normalized spacial score (nSPS) is 9.86. The SMILES string of the molecule is CCN(CC)c1ccc(C([O])=O)cc1. The van der Waals surface area contributed by atoms with Gasteiger partial charge in [0.1, 0.15) is 0 Å². The minimum absolute atomic E-state index is 0.223. The van der Waals surface area contributed by atoms with Gasteiger partial charge in [0.15, 0.2) is 0 Å². The summed E-state index contributed by atoms with van der Waals surface area (Å²) in [4.78, 5) is 12.6. The first kappa shape index (κ1) is 10.6. The fourth-order valence-corrected chi connectivity index (χ4v) is 1.40. The molecule has 75 valence electrons. The highest BCUT2D eigenvalue weighted by Crippen LogP contribution is 2.14. The van der Waals surface area contributed by atoms with Crippen LogP contribution in [0.25, 0.3) is 0 Å². The maximum Gasteiger partial charge on any atom is 0.386 e. The van der Waals surface area contributed by atoms with Gasteiger partial charge in [-0.2, -0.15) is 0 Å². The molecule has 0 aliphatic heterocycles. The van der Waals surface area contributed by atoms with Gasteiger partial charge in [0.05, 0.1) is 5.56 Å². The van der Waals surface area contributed by atoms with Gasteiger partial charge in [0.25, 0.3) is 0 Å². The van der Waals surface area contributed by atoms with E-state index in [4.69, 9.17) is 0 Å². The molecular formula is C11H14NO2. The highest BCUT2D eigenvalue weighted by atomic mass is 16.4. The topological polar surface area (TPSA) is 40.2 Å². The van der Waals surface area contributed by atoms with Crippen molar-refractivity contribution in [3.05, 3.63) is 29.8 Å². The Morgan fingerprint density at radius 1 is 1.14 bits per heavy atom. The van der Waals surface area contributed by atoms with Crippen molar-refractivity contribution in [2.45, 2.75) is 13.8 Å². The Kier molecular flexibility index (Phi) is 3.51. The Balaban J connectivity index is 2.87. The van der Waals surface area contributed by atoms with Gasteiger partial charge in [-0.05, 0) is 38.1 Å². The molecule has 0 unspecified atom stereocenters. The summed E-state index contributed by atoms with van der Waals surface area (Å²) in [5.74, 6) is -1.13. The molecule has 0 aromatic heterocycles. The van der Waals surface area contributed by atoms with Crippen LogP contribution in [0.3, 0.4) is 0 Å². The van der Waals surface area contributed by atoms with E-state index in [1.165, 1.54) is 0 Å². The molecule has 3 heteroatoms. The number of rotatable bonds is 4. The first-order valence-electron chi connectivity index (χ1n) is 4.75. The van der Waals surface area contributed by atoms with E-state index in [0.717, 1.165) is 18.8 Å². The zero-order valence-electron chi connectivity index (χ0n) is 8.49. The molecule has 0 fully saturated rings. The maximum atomic E-state index is 10.5. The van der Waals surface area contributed by atoms with Crippen LogP contribution in [0.2, 0.25) is 0 Å². The molecule has 0 spiro atoms. The van der Waals surface area contributed by atoms with E-state index in [1.807, 2.05) is 0 Å². The van der Waals surface area contributed by atoms with Gasteiger partial charge >= 0.3 is 5.97 Å². The monoisotopic (exact) mass is 192 g/mol. The third kappa shape index (κ3) is 2.25. The zero-order valence-corrected chi connectivity index (χ0v) is 8.49. The number of nitrogens with zero attached hydrogens (tertiary/aromatic N) is 1. The second-order valence-electron chi connectivity index (χ2n) is 3.01. The summed E-state index contributed by atoms with van der Waals surface area (Å²) >= 11 is 0. The summed E-state index contributed by atoms with van der Waals surface area (Å²) in [5, 5.41) is 10.5. The first-order chi connectivity index (χ1) is 6.69. The minimum Gasteiger partial charge on any atom is -0.372 e. The predicted octanol–water partition coefficient (Wildman–Crippen LogP) is 2.10. The van der Waals surface area contributed by atoms with Crippen LogP contribution in [0, 0.1) is 0 Å². The van der Waals surface area contributed by atoms with E-state index < -0.39 is 5.97 Å². The zero-order chi connectivity index (χ0) is 10.6. The Morgan fingerprint density at radius 2 is 1.64 bits per heavy atom. The smallest absolute Gasteiger partial charge is 0.372 e. The molecule has 0 aliphatic rings. The lowest BCUT2D eigenvalue weighted by atomic mass is 10.2. The van der Waals surface area contributed by atoms with Crippen LogP contribution in [0.15, 0.2) is 24.3 Å². The lowest BCUT2D eigenvalue weighted by Crippen LogP contribution is -2.21. The van der Waals surface area contributed by atoms with Gasteiger partial charge in [0.2, 0.25) is 0 Å². The number of hydrogen-bond donors (Lipinski definition) is 0. The second kappa shape index (κ2) is 4.65. The summed E-state index contributed by atoms with van der Waals surface area (Å²) in [5.41, 5.74) is 1.26. The average Bonchev–Trinajstić information content (AvgIpc) is 2.20. The van der Waals surface area contributed by atoms with Gasteiger partial charge in [-0.3, -0.25) is 0 Å². The highest BCUT2D eigenvalue weighted by molar-refractivity contribution is 5.87. The highest BCUT2D eigenvalue weighted by Gasteiger charge is 2.05. The molecule has 0 aliphatic carbocycles. The molecule has 14 heavy (non-hydrogen) atoms. The lowest BCUT2D eigenvalue weighted by Gasteiger charge is -2.20. The van der Waals surface area contributed by atoms with E-state index in [-0.39, 0.29) is 5.56 Å². The van der Waals surface area contributed by atoms with Gasteiger partial charge in [-0.15, -0.1) is 0 Å². The van der Waals surface area contributed by atoms with Crippen LogP contribution >= 0.6 is 0 Å². The molecule has 0 bridgehead atoms. The maximum absolute atomic E-state index is 10.5. The Labute approximate surface area is 84.0 Å². The molecule has 0 heterocycles. The lowest BCUT2D eigenvalue weighted by molar-refractivity contribution is 0.0573. The number of hydrogen-bond acceptors (Lipinski definition) is 2. The van der Waals surface area contributed by atoms with Crippen molar-refractivity contribution < 1.29 is 9.90 Å². The summed E-state index contributed by atoms with van der Waals surface area (Å²) < 4.78 is 0. The summed E-state index contributed by atoms with van der Waals surface area (Å²) in [7, 11) is 0. The molecule has 1 aromatic rings. The standard InChI is InChI=1S/C11H14NO2/c1-3-12(4-2)10-7-5-9(6-8-10)11(13)14/h5-8H,3-4H2,1-2H3. The molecule has 0 saturated carbocycles. The van der Waals surface area contributed by atoms with Gasteiger partial charge in [-0.25, -0.2) is 9.90 Å². The molecule has 1 rings (SSSR count). The first-order valence-corrected chi connectivity index (χ1v) is 4.75. The fourth-order valence-electron chi connectivity index (χ4n) is 1.40. The molecular weight excluding hydrogens is 178 g/mol. The van der Waals surface area contributed by atoms with Gasteiger partial charge in [-0.1, -0.05) is 0 Å². The molecule has 0 atom stereocenters. The van der Waals surface area contributed by atoms with Crippen molar-refractivity contribution in [2.75, 3.05) is 18.0 Å². The molecule has 3 nitrogen and oxygen atoms in total. The van der Waals surface area contributed by atoms with Crippen molar-refractivity contribution in [1.29, 1.82) is 0 Å². The van der Waals surface area contributed by atoms with Gasteiger partial charge in [0, 0.05) is 18.8 Å². The van der Waals surface area contributed by atoms with Gasteiger partial charge < -0.3 is 4.90 Å². The summed E-state index contributed by atoms with van der Waals surface area (Å²) in [6, 6.07) is 6.75. The average molecular weight is 192 g/mol. The van der Waals surface area contributed by atoms with Crippen molar-refractivity contribution in [1.82, 2.24) is 0 Å². The summed E-state index contributed by atoms with van der Waals surface area (Å²) in [6.45, 7) is 5.97. The largest absolute Gasteiger partial charge is 0.386 e. The number of benzene rings is 1. The number of anilines is 1. The quantitative estimate of drug-likeness (QED) is 0.733. The third-order valence-electron chi connectivity index (χ3n) is 2.23. The van der Waals surface area contributed by atoms with E-state index in [1.54, 1.807) is 24.3 Å². The van der Waals surface area contributed by atoms with Crippen molar-refractivity contribution in [3.63, 3.8) is 0 Å². The van der Waals surface area contributed by atoms with Crippen LogP contribution in [-0.4, -0.2) is 19.1 Å². The molecule has 1 radical (unpaired) electrons. The number of carbonyl (C=O) groups is 1. The van der Waals surface area contributed by atoms with Crippen LogP contribution in [-0.2, 0) is 5.11 Å². The summed E-state index contributed by atoms with van der Waals surface area (Å²) in [6.07, 6.45) is 0. The molecule has 0 saturated heterocycles. The van der Waals surface area contributed by atoms with Crippen LogP contribution < -0.4 is 4.90 Å². The third-order valence-corrected chi connectivity index (χ3v) is 2.23. The fraction of sp³-hybridized carbons (Fsp3) is 0.364. The van der Waals surface area contributed by atoms with Crippen molar-refractivity contribution in [3.8, 4) is 0 Å². The Bertz CT molecular complexity index is 302. The van der Waals surface area contributed by atoms with E-state index in [0.29, 0.717) is 0 Å².